The van der Waals surface area contributed by atoms with Crippen LogP contribution in [-0.2, 0) is 18.4 Å². The molecule has 1 N–H and O–H groups in total. The summed E-state index contributed by atoms with van der Waals surface area (Å²) in [5.74, 6) is -0.500. The van der Waals surface area contributed by atoms with Crippen LogP contribution in [0.15, 0.2) is 12.4 Å². The largest absolute Gasteiger partial charge is 0.481 e. The molecule has 2 rings (SSSR count). The van der Waals surface area contributed by atoms with Gasteiger partial charge in [0, 0.05) is 31.9 Å². The van der Waals surface area contributed by atoms with Crippen LogP contribution >= 0.6 is 0 Å². The molecule has 2 heterocycles. The van der Waals surface area contributed by atoms with Crippen molar-refractivity contribution in [1.29, 1.82) is 0 Å². The van der Waals surface area contributed by atoms with Crippen molar-refractivity contribution in [2.24, 2.45) is 18.4 Å². The van der Waals surface area contributed by atoms with Gasteiger partial charge in [0.2, 0.25) is 0 Å². The van der Waals surface area contributed by atoms with Crippen LogP contribution in [0.3, 0.4) is 0 Å². The lowest BCUT2D eigenvalue weighted by Gasteiger charge is -2.28. The first-order valence-corrected chi connectivity index (χ1v) is 6.37. The summed E-state index contributed by atoms with van der Waals surface area (Å²) in [5.41, 5.74) is 0.560. The van der Waals surface area contributed by atoms with Gasteiger partial charge in [0.25, 0.3) is 0 Å². The van der Waals surface area contributed by atoms with Gasteiger partial charge in [0.15, 0.2) is 0 Å². The van der Waals surface area contributed by atoms with Crippen LogP contribution in [0.25, 0.3) is 0 Å². The zero-order chi connectivity index (χ0) is 13.3. The van der Waals surface area contributed by atoms with Gasteiger partial charge in [-0.2, -0.15) is 5.10 Å². The van der Waals surface area contributed by atoms with E-state index in [9.17, 15) is 9.90 Å². The summed E-state index contributed by atoms with van der Waals surface area (Å²) in [7, 11) is 1.89. The van der Waals surface area contributed by atoms with Crippen molar-refractivity contribution in [3.8, 4) is 0 Å². The Morgan fingerprint density at radius 3 is 2.78 bits per heavy atom. The van der Waals surface area contributed by atoms with E-state index in [1.165, 1.54) is 0 Å². The fraction of sp³-hybridized carbons (Fsp3) is 0.692. The van der Waals surface area contributed by atoms with Gasteiger partial charge in [0.05, 0.1) is 11.6 Å². The topological polar surface area (TPSA) is 58.4 Å². The van der Waals surface area contributed by atoms with Gasteiger partial charge >= 0.3 is 5.97 Å². The van der Waals surface area contributed by atoms with Crippen molar-refractivity contribution in [3.63, 3.8) is 0 Å². The maximum atomic E-state index is 11.5. The second-order valence-corrected chi connectivity index (χ2v) is 5.60. The fourth-order valence-corrected chi connectivity index (χ4v) is 2.75. The van der Waals surface area contributed by atoms with Gasteiger partial charge in [-0.15, -0.1) is 0 Å². The van der Waals surface area contributed by atoms with Crippen LogP contribution in [0, 0.1) is 11.3 Å². The van der Waals surface area contributed by atoms with E-state index in [1.807, 2.05) is 33.3 Å². The quantitative estimate of drug-likeness (QED) is 0.877. The normalized spacial score (nSPS) is 24.9. The molecule has 1 fully saturated rings. The minimum Gasteiger partial charge on any atom is -0.481 e. The highest BCUT2D eigenvalue weighted by atomic mass is 16.4. The summed E-state index contributed by atoms with van der Waals surface area (Å²) in [6, 6.07) is 0. The molecule has 0 aliphatic carbocycles. The van der Waals surface area contributed by atoms with E-state index in [1.54, 1.807) is 4.68 Å². The Morgan fingerprint density at radius 1 is 1.61 bits per heavy atom. The summed E-state index contributed by atoms with van der Waals surface area (Å²) in [4.78, 5) is 13.7. The van der Waals surface area contributed by atoms with Gasteiger partial charge in [-0.25, -0.2) is 0 Å². The van der Waals surface area contributed by atoms with E-state index < -0.39 is 11.4 Å². The van der Waals surface area contributed by atoms with E-state index in [-0.39, 0.29) is 5.92 Å². The van der Waals surface area contributed by atoms with E-state index in [0.29, 0.717) is 6.54 Å². The third-order valence-corrected chi connectivity index (χ3v) is 4.08. The number of nitrogens with zero attached hydrogens (tertiary/aromatic N) is 3. The first kappa shape index (κ1) is 13.1. The number of carbonyl (C=O) groups is 1. The highest BCUT2D eigenvalue weighted by molar-refractivity contribution is 5.75. The van der Waals surface area contributed by atoms with Gasteiger partial charge in [0.1, 0.15) is 0 Å². The number of likely N-dealkylation sites (tertiary alicyclic amines) is 1. The van der Waals surface area contributed by atoms with Gasteiger partial charge in [-0.1, -0.05) is 13.8 Å². The predicted octanol–water partition coefficient (Wildman–Crippen LogP) is 1.35. The SMILES string of the molecule is CC(C)C1(C(=O)O)CCN(Cc2cnn(C)c2)C1. The van der Waals surface area contributed by atoms with Crippen molar-refractivity contribution >= 4 is 5.97 Å². The van der Waals surface area contributed by atoms with Crippen LogP contribution in [0.2, 0.25) is 0 Å². The Bertz CT molecular complexity index is 441. The number of carboxylic acids is 1. The molecule has 0 aromatic carbocycles. The molecule has 0 spiro atoms. The van der Waals surface area contributed by atoms with E-state index in [4.69, 9.17) is 0 Å². The van der Waals surface area contributed by atoms with Crippen molar-refractivity contribution in [2.75, 3.05) is 13.1 Å². The number of aromatic nitrogens is 2. The van der Waals surface area contributed by atoms with Crippen molar-refractivity contribution in [1.82, 2.24) is 14.7 Å². The zero-order valence-electron chi connectivity index (χ0n) is 11.3. The Morgan fingerprint density at radius 2 is 2.33 bits per heavy atom. The van der Waals surface area contributed by atoms with Crippen molar-refractivity contribution in [3.05, 3.63) is 18.0 Å². The number of carboxylic acid groups (broad SMARTS) is 1. The second-order valence-electron chi connectivity index (χ2n) is 5.60. The van der Waals surface area contributed by atoms with E-state index in [0.717, 1.165) is 25.1 Å². The molecular formula is C13H21N3O2. The standard InChI is InChI=1S/C13H21N3O2/c1-10(2)13(12(17)18)4-5-16(9-13)8-11-6-14-15(3)7-11/h6-7,10H,4-5,8-9H2,1-3H3,(H,17,18). The number of hydrogen-bond donors (Lipinski definition) is 1. The van der Waals surface area contributed by atoms with Crippen LogP contribution in [-0.4, -0.2) is 38.8 Å². The summed E-state index contributed by atoms with van der Waals surface area (Å²) >= 11 is 0. The van der Waals surface area contributed by atoms with E-state index in [2.05, 4.69) is 10.00 Å². The first-order valence-electron chi connectivity index (χ1n) is 6.37. The van der Waals surface area contributed by atoms with Crippen LogP contribution in [0.4, 0.5) is 0 Å². The third-order valence-electron chi connectivity index (χ3n) is 4.08. The molecule has 18 heavy (non-hydrogen) atoms. The van der Waals surface area contributed by atoms with Crippen molar-refractivity contribution in [2.45, 2.75) is 26.8 Å². The lowest BCUT2D eigenvalue weighted by Crippen LogP contribution is -2.39. The number of aryl methyl sites for hydroxylation is 1. The summed E-state index contributed by atoms with van der Waals surface area (Å²) in [5, 5.41) is 13.6. The van der Waals surface area contributed by atoms with E-state index >= 15 is 0 Å². The molecule has 0 saturated carbocycles. The highest BCUT2D eigenvalue weighted by Crippen LogP contribution is 2.38. The molecule has 5 nitrogen and oxygen atoms in total. The molecule has 1 unspecified atom stereocenters. The number of aliphatic carboxylic acids is 1. The Kier molecular flexibility index (Phi) is 3.43. The summed E-state index contributed by atoms with van der Waals surface area (Å²) in [6.07, 6.45) is 4.56. The Hall–Kier alpha value is -1.36. The molecular weight excluding hydrogens is 230 g/mol. The van der Waals surface area contributed by atoms with Crippen LogP contribution in [0.1, 0.15) is 25.8 Å². The molecule has 1 aromatic rings. The molecule has 100 valence electrons. The molecule has 0 bridgehead atoms. The lowest BCUT2D eigenvalue weighted by atomic mass is 9.76. The summed E-state index contributed by atoms with van der Waals surface area (Å²) in [6.45, 7) is 6.27. The molecule has 1 aliphatic heterocycles. The fourth-order valence-electron chi connectivity index (χ4n) is 2.75. The maximum Gasteiger partial charge on any atom is 0.311 e. The number of rotatable bonds is 4. The van der Waals surface area contributed by atoms with Gasteiger partial charge in [-0.05, 0) is 18.9 Å². The third kappa shape index (κ3) is 2.27. The smallest absolute Gasteiger partial charge is 0.311 e. The molecule has 0 radical (unpaired) electrons. The lowest BCUT2D eigenvalue weighted by molar-refractivity contribution is -0.151. The highest BCUT2D eigenvalue weighted by Gasteiger charge is 2.47. The van der Waals surface area contributed by atoms with Crippen LogP contribution < -0.4 is 0 Å². The number of hydrogen-bond acceptors (Lipinski definition) is 3. The minimum atomic E-state index is -0.661. The average molecular weight is 251 g/mol. The van der Waals surface area contributed by atoms with Crippen molar-refractivity contribution < 1.29 is 9.90 Å². The monoisotopic (exact) mass is 251 g/mol. The Labute approximate surface area is 107 Å². The average Bonchev–Trinajstić information content (AvgIpc) is 2.86. The minimum absolute atomic E-state index is 0.161. The second kappa shape index (κ2) is 4.72. The Balaban J connectivity index is 2.05. The van der Waals surface area contributed by atoms with Gasteiger partial charge < -0.3 is 5.11 Å². The predicted molar refractivity (Wildman–Crippen MR) is 68.0 cm³/mol. The molecule has 1 aromatic heterocycles. The molecule has 1 atom stereocenters. The molecule has 1 saturated heterocycles. The summed E-state index contributed by atoms with van der Waals surface area (Å²) < 4.78 is 1.78. The van der Waals surface area contributed by atoms with Crippen LogP contribution in [0.5, 0.6) is 0 Å². The first-order chi connectivity index (χ1) is 8.44. The molecule has 0 amide bonds. The van der Waals surface area contributed by atoms with Gasteiger partial charge in [-0.3, -0.25) is 14.4 Å². The molecule has 1 aliphatic rings. The molecule has 5 heteroatoms. The maximum absolute atomic E-state index is 11.5. The zero-order valence-corrected chi connectivity index (χ0v) is 11.3.